The summed E-state index contributed by atoms with van der Waals surface area (Å²) in [7, 11) is 0. The fraction of sp³-hybridized carbons (Fsp3) is 0.444. The molecule has 0 saturated heterocycles. The van der Waals surface area contributed by atoms with Gasteiger partial charge in [0.25, 0.3) is 0 Å². The molecule has 0 heterocycles. The van der Waals surface area contributed by atoms with Crippen LogP contribution in [0.25, 0.3) is 0 Å². The predicted molar refractivity (Wildman–Crippen MR) is 144 cm³/mol. The number of unbranched alkanes of at least 4 members (excludes halogenated alkanes) is 7. The molecule has 0 aromatic rings. The molecular formula is C27H40N2O4S. The van der Waals surface area contributed by atoms with Crippen molar-refractivity contribution in [3.8, 4) is 0 Å². The summed E-state index contributed by atoms with van der Waals surface area (Å²) in [6, 6.07) is -0.774. The van der Waals surface area contributed by atoms with Crippen LogP contribution in [0.4, 0.5) is 0 Å². The molecule has 7 heteroatoms. The molecule has 0 aliphatic carbocycles. The molecule has 188 valence electrons. The second-order valence-electron chi connectivity index (χ2n) is 7.72. The molecule has 0 rings (SSSR count). The van der Waals surface area contributed by atoms with E-state index in [1.165, 1.54) is 51.0 Å². The van der Waals surface area contributed by atoms with Gasteiger partial charge in [-0.25, -0.2) is 4.79 Å². The number of aliphatic carboxylic acids is 1. The van der Waals surface area contributed by atoms with Crippen LogP contribution < -0.4 is 11.1 Å². The lowest BCUT2D eigenvalue weighted by Crippen LogP contribution is -2.43. The van der Waals surface area contributed by atoms with Crippen LogP contribution in [0.3, 0.4) is 0 Å². The Balaban J connectivity index is 4.81. The Morgan fingerprint density at radius 1 is 0.882 bits per heavy atom. The number of nitrogens with two attached hydrogens (primary N) is 1. The van der Waals surface area contributed by atoms with Crippen molar-refractivity contribution >= 4 is 30.3 Å². The summed E-state index contributed by atoms with van der Waals surface area (Å²) in [4.78, 5) is 34.8. The third kappa shape index (κ3) is 18.9. The SMILES string of the molecule is CCCCCCCCCC=CC=CC=C(C=CC=CC=CC(=O)O)C(=O)CNC(=O)[C@@H](N)CS. The zero-order valence-electron chi connectivity index (χ0n) is 20.2. The lowest BCUT2D eigenvalue weighted by Gasteiger charge is -2.09. The minimum Gasteiger partial charge on any atom is -0.478 e. The van der Waals surface area contributed by atoms with Gasteiger partial charge in [0.1, 0.15) is 0 Å². The van der Waals surface area contributed by atoms with E-state index in [-0.39, 0.29) is 18.1 Å². The second-order valence-corrected chi connectivity index (χ2v) is 8.08. The summed E-state index contributed by atoms with van der Waals surface area (Å²) in [5.41, 5.74) is 6.00. The lowest BCUT2D eigenvalue weighted by atomic mass is 10.1. The van der Waals surface area contributed by atoms with Gasteiger partial charge in [0, 0.05) is 17.4 Å². The molecule has 1 atom stereocenters. The number of allylic oxidation sites excluding steroid dienone is 10. The Kier molecular flexibility index (Phi) is 20.4. The topological polar surface area (TPSA) is 109 Å². The standard InChI is InChI=1S/C27H40N2O4S/c1-2-3-4-5-6-7-8-9-10-11-12-15-18-23(19-16-13-14-17-20-26(31)32)25(30)21-29-27(33)24(28)22-34/h10-20,24,34H,2-9,21-22,28H2,1H3,(H,29,33)(H,31,32)/t24-/m0/s1. The Morgan fingerprint density at radius 2 is 1.50 bits per heavy atom. The predicted octanol–water partition coefficient (Wildman–Crippen LogP) is 4.86. The van der Waals surface area contributed by atoms with Crippen LogP contribution in [-0.4, -0.2) is 41.1 Å². The van der Waals surface area contributed by atoms with Gasteiger partial charge < -0.3 is 16.2 Å². The van der Waals surface area contributed by atoms with Crippen LogP contribution in [0.2, 0.25) is 0 Å². The molecular weight excluding hydrogens is 448 g/mol. The molecule has 0 aliphatic heterocycles. The number of nitrogens with one attached hydrogen (secondary N) is 1. The fourth-order valence-corrected chi connectivity index (χ4v) is 2.93. The van der Waals surface area contributed by atoms with Crippen molar-refractivity contribution in [2.45, 2.75) is 64.3 Å². The number of thiol groups is 1. The maximum atomic E-state index is 12.5. The summed E-state index contributed by atoms with van der Waals surface area (Å²) in [6.45, 7) is 2.04. The van der Waals surface area contributed by atoms with Gasteiger partial charge in [0.05, 0.1) is 12.6 Å². The first kappa shape index (κ1) is 31.4. The van der Waals surface area contributed by atoms with Crippen LogP contribution in [-0.2, 0) is 14.4 Å². The first-order chi connectivity index (χ1) is 16.4. The van der Waals surface area contributed by atoms with E-state index in [1.54, 1.807) is 36.5 Å². The van der Waals surface area contributed by atoms with Crippen molar-refractivity contribution in [1.29, 1.82) is 0 Å². The van der Waals surface area contributed by atoms with Gasteiger partial charge in [0.15, 0.2) is 5.78 Å². The molecule has 34 heavy (non-hydrogen) atoms. The highest BCUT2D eigenvalue weighted by Crippen LogP contribution is 2.08. The maximum absolute atomic E-state index is 12.5. The molecule has 0 aromatic heterocycles. The summed E-state index contributed by atoms with van der Waals surface area (Å²) < 4.78 is 0. The molecule has 0 saturated carbocycles. The minimum absolute atomic E-state index is 0.180. The number of hydrogen-bond acceptors (Lipinski definition) is 5. The molecule has 0 unspecified atom stereocenters. The summed E-state index contributed by atoms with van der Waals surface area (Å²) in [6.07, 6.45) is 28.1. The quantitative estimate of drug-likeness (QED) is 0.0898. The number of carboxylic acid groups (broad SMARTS) is 1. The zero-order chi connectivity index (χ0) is 25.4. The Morgan fingerprint density at radius 3 is 2.15 bits per heavy atom. The second kappa shape index (κ2) is 22.2. The number of Topliss-reactive ketones (excluding diaryl/α,β-unsaturated/α-hetero) is 1. The van der Waals surface area contributed by atoms with E-state index >= 15 is 0 Å². The average molecular weight is 489 g/mol. The monoisotopic (exact) mass is 488 g/mol. The van der Waals surface area contributed by atoms with E-state index in [4.69, 9.17) is 10.8 Å². The lowest BCUT2D eigenvalue weighted by molar-refractivity contribution is -0.131. The van der Waals surface area contributed by atoms with Gasteiger partial charge in [-0.15, -0.1) is 0 Å². The van der Waals surface area contributed by atoms with Gasteiger partial charge in [-0.2, -0.15) is 12.6 Å². The van der Waals surface area contributed by atoms with E-state index < -0.39 is 17.9 Å². The van der Waals surface area contributed by atoms with E-state index in [0.717, 1.165) is 12.5 Å². The highest BCUT2D eigenvalue weighted by atomic mass is 32.1. The van der Waals surface area contributed by atoms with Crippen LogP contribution in [0.15, 0.2) is 72.4 Å². The Labute approximate surface area is 209 Å². The number of carboxylic acids is 1. The van der Waals surface area contributed by atoms with Gasteiger partial charge in [-0.1, -0.05) is 106 Å². The normalized spacial score (nSPS) is 13.7. The highest BCUT2D eigenvalue weighted by Gasteiger charge is 2.13. The van der Waals surface area contributed by atoms with E-state index in [9.17, 15) is 14.4 Å². The molecule has 0 radical (unpaired) electrons. The van der Waals surface area contributed by atoms with E-state index in [0.29, 0.717) is 5.57 Å². The third-order valence-electron chi connectivity index (χ3n) is 4.73. The number of hydrogen-bond donors (Lipinski definition) is 4. The number of rotatable bonds is 19. The third-order valence-corrected chi connectivity index (χ3v) is 5.13. The first-order valence-electron chi connectivity index (χ1n) is 11.9. The van der Waals surface area contributed by atoms with Crippen LogP contribution in [0, 0.1) is 0 Å². The van der Waals surface area contributed by atoms with E-state index in [2.05, 4.69) is 30.9 Å². The molecule has 0 fully saturated rings. The van der Waals surface area contributed by atoms with Crippen molar-refractivity contribution in [2.75, 3.05) is 12.3 Å². The van der Waals surface area contributed by atoms with Gasteiger partial charge in [0.2, 0.25) is 5.91 Å². The maximum Gasteiger partial charge on any atom is 0.328 e. The highest BCUT2D eigenvalue weighted by molar-refractivity contribution is 7.80. The Bertz CT molecular complexity index is 779. The molecule has 4 N–H and O–H groups in total. The average Bonchev–Trinajstić information content (AvgIpc) is 2.82. The van der Waals surface area contributed by atoms with Crippen molar-refractivity contribution < 1.29 is 19.5 Å². The van der Waals surface area contributed by atoms with Crippen LogP contribution in [0.1, 0.15) is 58.3 Å². The molecule has 0 aromatic carbocycles. The number of ketones is 1. The zero-order valence-corrected chi connectivity index (χ0v) is 21.1. The largest absolute Gasteiger partial charge is 0.478 e. The summed E-state index contributed by atoms with van der Waals surface area (Å²) in [5.74, 6) is -1.56. The van der Waals surface area contributed by atoms with Crippen LogP contribution in [0.5, 0.6) is 0 Å². The van der Waals surface area contributed by atoms with Crippen molar-refractivity contribution in [2.24, 2.45) is 5.73 Å². The molecule has 1 amide bonds. The molecule has 0 spiro atoms. The van der Waals surface area contributed by atoms with Crippen molar-refractivity contribution in [3.63, 3.8) is 0 Å². The Hall–Kier alpha value is -2.64. The van der Waals surface area contributed by atoms with Crippen LogP contribution >= 0.6 is 12.6 Å². The molecule has 0 aliphatic rings. The number of amides is 1. The van der Waals surface area contributed by atoms with Crippen molar-refractivity contribution in [3.05, 3.63) is 72.4 Å². The van der Waals surface area contributed by atoms with Gasteiger partial charge in [-0.05, 0) is 12.8 Å². The fourth-order valence-electron chi connectivity index (χ4n) is 2.77. The van der Waals surface area contributed by atoms with Gasteiger partial charge in [-0.3, -0.25) is 9.59 Å². The summed E-state index contributed by atoms with van der Waals surface area (Å²) in [5, 5.41) is 11.1. The molecule has 0 bridgehead atoms. The smallest absolute Gasteiger partial charge is 0.328 e. The van der Waals surface area contributed by atoms with Gasteiger partial charge >= 0.3 is 5.97 Å². The number of carbonyl (C=O) groups is 3. The number of carbonyl (C=O) groups excluding carboxylic acids is 2. The molecule has 6 nitrogen and oxygen atoms in total. The van der Waals surface area contributed by atoms with E-state index in [1.807, 2.05) is 12.2 Å². The minimum atomic E-state index is -1.04. The first-order valence-corrected chi connectivity index (χ1v) is 12.5. The summed E-state index contributed by atoms with van der Waals surface area (Å²) >= 11 is 3.98. The van der Waals surface area contributed by atoms with Crippen molar-refractivity contribution in [1.82, 2.24) is 5.32 Å².